The van der Waals surface area contributed by atoms with Crippen molar-refractivity contribution in [2.24, 2.45) is 5.73 Å². The Kier molecular flexibility index (Phi) is 5.34. The molecule has 112 valence electrons. The fraction of sp³-hybridized carbons (Fsp3) is 0.333. The number of carbonyl (C=O) groups excluding carboxylic acids is 1. The Morgan fingerprint density at radius 2 is 2.24 bits per heavy atom. The zero-order chi connectivity index (χ0) is 15.2. The number of pyridine rings is 1. The molecule has 0 aliphatic rings. The van der Waals surface area contributed by atoms with Crippen molar-refractivity contribution in [2.75, 3.05) is 13.7 Å². The molecule has 0 fully saturated rings. The maximum Gasteiger partial charge on any atom is 0.255 e. The third-order valence-electron chi connectivity index (χ3n) is 2.33. The summed E-state index contributed by atoms with van der Waals surface area (Å²) < 4.78 is 11.3. The van der Waals surface area contributed by atoms with Gasteiger partial charge in [0.05, 0.1) is 19.0 Å². The molecule has 0 atom stereocenters. The highest BCUT2D eigenvalue weighted by molar-refractivity contribution is 8.00. The molecular formula is C12H14N4O3S2. The first-order valence-electron chi connectivity index (χ1n) is 5.95. The Hall–Kier alpha value is -1.87. The maximum absolute atomic E-state index is 10.8. The van der Waals surface area contributed by atoms with Gasteiger partial charge in [-0.3, -0.25) is 9.78 Å². The molecule has 0 saturated heterocycles. The van der Waals surface area contributed by atoms with E-state index in [2.05, 4.69) is 15.2 Å². The predicted molar refractivity (Wildman–Crippen MR) is 79.7 cm³/mol. The standard InChI is InChI=1S/C12H14N4O3S2/c1-7-15-16-12(21-7)20-6-8-3-9(19-5-11(13)17)10(18-2)4-14-8/h3-4H,5-6H2,1-2H3,(H2,13,17). The van der Waals surface area contributed by atoms with E-state index in [4.69, 9.17) is 15.2 Å². The van der Waals surface area contributed by atoms with Crippen molar-refractivity contribution in [3.05, 3.63) is 23.0 Å². The molecule has 1 amide bonds. The molecule has 2 heterocycles. The second-order valence-electron chi connectivity index (χ2n) is 3.96. The van der Waals surface area contributed by atoms with Gasteiger partial charge in [-0.15, -0.1) is 10.2 Å². The van der Waals surface area contributed by atoms with E-state index in [0.29, 0.717) is 17.3 Å². The molecule has 9 heteroatoms. The number of hydrogen-bond donors (Lipinski definition) is 1. The molecule has 2 aromatic heterocycles. The number of aryl methyl sites for hydroxylation is 1. The number of methoxy groups -OCH3 is 1. The van der Waals surface area contributed by atoms with Crippen molar-refractivity contribution in [3.8, 4) is 11.5 Å². The van der Waals surface area contributed by atoms with E-state index in [-0.39, 0.29) is 6.61 Å². The van der Waals surface area contributed by atoms with Crippen LogP contribution >= 0.6 is 23.1 Å². The second-order valence-corrected chi connectivity index (χ2v) is 6.36. The number of carbonyl (C=O) groups is 1. The summed E-state index contributed by atoms with van der Waals surface area (Å²) in [4.78, 5) is 15.1. The Morgan fingerprint density at radius 3 is 2.86 bits per heavy atom. The van der Waals surface area contributed by atoms with Crippen LogP contribution in [0.1, 0.15) is 10.7 Å². The van der Waals surface area contributed by atoms with Crippen LogP contribution in [0, 0.1) is 6.92 Å². The lowest BCUT2D eigenvalue weighted by molar-refractivity contribution is -0.119. The van der Waals surface area contributed by atoms with Gasteiger partial charge in [0, 0.05) is 11.8 Å². The normalized spacial score (nSPS) is 10.4. The maximum atomic E-state index is 10.8. The van der Waals surface area contributed by atoms with E-state index >= 15 is 0 Å². The van der Waals surface area contributed by atoms with Gasteiger partial charge in [-0.1, -0.05) is 23.1 Å². The topological polar surface area (TPSA) is 100 Å². The van der Waals surface area contributed by atoms with Crippen LogP contribution in [0.25, 0.3) is 0 Å². The van der Waals surface area contributed by atoms with E-state index < -0.39 is 5.91 Å². The van der Waals surface area contributed by atoms with Crippen LogP contribution in [0.5, 0.6) is 11.5 Å². The quantitative estimate of drug-likeness (QED) is 0.768. The molecule has 0 unspecified atom stereocenters. The summed E-state index contributed by atoms with van der Waals surface area (Å²) in [6, 6.07) is 1.72. The molecule has 2 rings (SSSR count). The zero-order valence-electron chi connectivity index (χ0n) is 11.5. The average Bonchev–Trinajstić information content (AvgIpc) is 2.88. The molecule has 0 aromatic carbocycles. The highest BCUT2D eigenvalue weighted by atomic mass is 32.2. The van der Waals surface area contributed by atoms with Crippen molar-refractivity contribution >= 4 is 29.0 Å². The molecule has 7 nitrogen and oxygen atoms in total. The van der Waals surface area contributed by atoms with Gasteiger partial charge in [-0.05, 0) is 6.92 Å². The number of hydrogen-bond acceptors (Lipinski definition) is 8. The summed E-state index contributed by atoms with van der Waals surface area (Å²) >= 11 is 3.06. The number of aromatic nitrogens is 3. The highest BCUT2D eigenvalue weighted by Gasteiger charge is 2.10. The predicted octanol–water partition coefficient (Wildman–Crippen LogP) is 1.41. The first-order valence-corrected chi connectivity index (χ1v) is 7.75. The SMILES string of the molecule is COc1cnc(CSc2nnc(C)s2)cc1OCC(N)=O. The van der Waals surface area contributed by atoms with E-state index in [0.717, 1.165) is 15.0 Å². The first kappa shape index (κ1) is 15.5. The van der Waals surface area contributed by atoms with Crippen LogP contribution in [-0.4, -0.2) is 34.8 Å². The van der Waals surface area contributed by atoms with Gasteiger partial charge in [0.1, 0.15) is 5.01 Å². The minimum Gasteiger partial charge on any atom is -0.491 e. The van der Waals surface area contributed by atoms with Gasteiger partial charge in [-0.25, -0.2) is 0 Å². The number of rotatable bonds is 7. The molecule has 2 aromatic rings. The third-order valence-corrected chi connectivity index (χ3v) is 4.33. The Bertz CT molecular complexity index is 633. The fourth-order valence-electron chi connectivity index (χ4n) is 1.43. The van der Waals surface area contributed by atoms with Crippen LogP contribution in [0.4, 0.5) is 0 Å². The number of amides is 1. The van der Waals surface area contributed by atoms with Crippen LogP contribution in [-0.2, 0) is 10.5 Å². The largest absolute Gasteiger partial charge is 0.491 e. The fourth-order valence-corrected chi connectivity index (χ4v) is 3.15. The number of ether oxygens (including phenoxy) is 2. The summed E-state index contributed by atoms with van der Waals surface area (Å²) in [7, 11) is 1.51. The van der Waals surface area contributed by atoms with Crippen molar-refractivity contribution in [3.63, 3.8) is 0 Å². The second kappa shape index (κ2) is 7.23. The summed E-state index contributed by atoms with van der Waals surface area (Å²) in [5.74, 6) is 0.965. The molecule has 0 radical (unpaired) electrons. The number of nitrogens with zero attached hydrogens (tertiary/aromatic N) is 3. The number of primary amides is 1. The first-order chi connectivity index (χ1) is 10.1. The zero-order valence-corrected chi connectivity index (χ0v) is 13.2. The molecule has 0 saturated carbocycles. The summed E-state index contributed by atoms with van der Waals surface area (Å²) in [6.45, 7) is 1.70. The molecule has 2 N–H and O–H groups in total. The van der Waals surface area contributed by atoms with Gasteiger partial charge in [0.25, 0.3) is 5.91 Å². The summed E-state index contributed by atoms with van der Waals surface area (Å²) in [5.41, 5.74) is 5.85. The van der Waals surface area contributed by atoms with Gasteiger partial charge >= 0.3 is 0 Å². The van der Waals surface area contributed by atoms with Crippen LogP contribution in [0.3, 0.4) is 0 Å². The minimum absolute atomic E-state index is 0.206. The molecular weight excluding hydrogens is 312 g/mol. The lowest BCUT2D eigenvalue weighted by Gasteiger charge is -2.10. The van der Waals surface area contributed by atoms with Gasteiger partial charge in [0.15, 0.2) is 22.4 Å². The lowest BCUT2D eigenvalue weighted by atomic mass is 10.3. The van der Waals surface area contributed by atoms with Gasteiger partial charge in [0.2, 0.25) is 0 Å². The summed E-state index contributed by atoms with van der Waals surface area (Å²) in [6.07, 6.45) is 1.55. The molecule has 21 heavy (non-hydrogen) atoms. The monoisotopic (exact) mass is 326 g/mol. The van der Waals surface area contributed by atoms with Crippen molar-refractivity contribution in [1.29, 1.82) is 0 Å². The van der Waals surface area contributed by atoms with E-state index in [1.54, 1.807) is 12.3 Å². The van der Waals surface area contributed by atoms with Crippen LogP contribution in [0.15, 0.2) is 16.6 Å². The number of nitrogens with two attached hydrogens (primary N) is 1. The van der Waals surface area contributed by atoms with Crippen LogP contribution < -0.4 is 15.2 Å². The van der Waals surface area contributed by atoms with Crippen molar-refractivity contribution in [1.82, 2.24) is 15.2 Å². The molecule has 0 aliphatic heterocycles. The Balaban J connectivity index is 2.05. The van der Waals surface area contributed by atoms with E-state index in [1.165, 1.54) is 30.2 Å². The Morgan fingerprint density at radius 1 is 1.43 bits per heavy atom. The van der Waals surface area contributed by atoms with Gasteiger partial charge < -0.3 is 15.2 Å². The number of thioether (sulfide) groups is 1. The summed E-state index contributed by atoms with van der Waals surface area (Å²) in [5, 5.41) is 8.91. The lowest BCUT2D eigenvalue weighted by Crippen LogP contribution is -2.20. The molecule has 0 aliphatic carbocycles. The van der Waals surface area contributed by atoms with Crippen molar-refractivity contribution < 1.29 is 14.3 Å². The highest BCUT2D eigenvalue weighted by Crippen LogP contribution is 2.30. The average molecular weight is 326 g/mol. The Labute approximate surface area is 129 Å². The smallest absolute Gasteiger partial charge is 0.255 e. The molecule has 0 bridgehead atoms. The van der Waals surface area contributed by atoms with Gasteiger partial charge in [-0.2, -0.15) is 0 Å². The van der Waals surface area contributed by atoms with Crippen LogP contribution in [0.2, 0.25) is 0 Å². The van der Waals surface area contributed by atoms with E-state index in [9.17, 15) is 4.79 Å². The van der Waals surface area contributed by atoms with Crippen molar-refractivity contribution in [2.45, 2.75) is 17.0 Å². The third kappa shape index (κ3) is 4.57. The minimum atomic E-state index is -0.547. The van der Waals surface area contributed by atoms with E-state index in [1.807, 2.05) is 6.92 Å². The molecule has 0 spiro atoms.